The highest BCUT2D eigenvalue weighted by atomic mass is 15.0. The second-order valence-electron chi connectivity index (χ2n) is 12.3. The van der Waals surface area contributed by atoms with Crippen LogP contribution in [0, 0.1) is 0 Å². The van der Waals surface area contributed by atoms with Crippen LogP contribution in [0.15, 0.2) is 174 Å². The Morgan fingerprint density at radius 2 is 1.24 bits per heavy atom. The molecule has 0 aliphatic carbocycles. The molecule has 51 heavy (non-hydrogen) atoms. The Morgan fingerprint density at radius 1 is 0.627 bits per heavy atom. The van der Waals surface area contributed by atoms with Gasteiger partial charge in [-0.25, -0.2) is 0 Å². The molecule has 3 nitrogen and oxygen atoms in total. The van der Waals surface area contributed by atoms with Gasteiger partial charge in [-0.05, 0) is 91.2 Å². The maximum absolute atomic E-state index is 4.81. The number of hydrogen-bond donors (Lipinski definition) is 1. The van der Waals surface area contributed by atoms with Crippen LogP contribution in [-0.2, 0) is 6.54 Å². The van der Waals surface area contributed by atoms with Crippen molar-refractivity contribution in [1.29, 1.82) is 0 Å². The van der Waals surface area contributed by atoms with Gasteiger partial charge < -0.3 is 5.32 Å². The fourth-order valence-electron chi connectivity index (χ4n) is 6.74. The van der Waals surface area contributed by atoms with Gasteiger partial charge in [-0.15, -0.1) is 0 Å². The van der Waals surface area contributed by atoms with E-state index in [2.05, 4.69) is 144 Å². The molecule has 0 atom stereocenters. The van der Waals surface area contributed by atoms with E-state index in [-0.39, 0.29) is 0 Å². The summed E-state index contributed by atoms with van der Waals surface area (Å²) in [6.45, 7) is 9.48. The summed E-state index contributed by atoms with van der Waals surface area (Å²) in [6.07, 6.45) is 7.76. The van der Waals surface area contributed by atoms with Crippen molar-refractivity contribution < 1.29 is 0 Å². The first-order valence-corrected chi connectivity index (χ1v) is 17.7. The van der Waals surface area contributed by atoms with Crippen molar-refractivity contribution >= 4 is 50.9 Å². The molecule has 8 rings (SSSR count). The highest BCUT2D eigenvalue weighted by Gasteiger charge is 2.16. The van der Waals surface area contributed by atoms with Gasteiger partial charge in [-0.3, -0.25) is 9.98 Å². The minimum absolute atomic E-state index is 0.655. The standard InChI is InChI=1S/C46H35N3.C2H6/c1-2-33(23-24-47-31-32-11-4-3-5-12-32)34-13-8-14-35(27-34)36-15-9-16-37(28-36)38-17-10-18-39(29-38)40-21-22-43-44(30-40)41-19-6-7-20-42(41)45-46(43)49-26-25-48-45;1-2/h2-24,26-30,48H,1,25,31H2;1-2H3/b33-23+,47-24?;. The van der Waals surface area contributed by atoms with Crippen LogP contribution in [0.4, 0.5) is 11.4 Å². The molecule has 1 aliphatic rings. The van der Waals surface area contributed by atoms with Crippen LogP contribution in [-0.4, -0.2) is 19.0 Å². The summed E-state index contributed by atoms with van der Waals surface area (Å²) in [5, 5.41) is 8.38. The van der Waals surface area contributed by atoms with E-state index in [0.717, 1.165) is 34.6 Å². The molecule has 1 aliphatic heterocycles. The Morgan fingerprint density at radius 3 is 1.92 bits per heavy atom. The van der Waals surface area contributed by atoms with Crippen molar-refractivity contribution in [2.75, 3.05) is 11.9 Å². The number of benzene rings is 7. The van der Waals surface area contributed by atoms with Gasteiger partial charge in [0.15, 0.2) is 0 Å². The topological polar surface area (TPSA) is 36.8 Å². The molecule has 0 aromatic heterocycles. The molecule has 0 fully saturated rings. The second kappa shape index (κ2) is 15.5. The predicted molar refractivity (Wildman–Crippen MR) is 223 cm³/mol. The molecule has 0 radical (unpaired) electrons. The number of fused-ring (bicyclic) bond motifs is 6. The Bertz CT molecular complexity index is 2430. The molecule has 7 aromatic rings. The molecule has 0 unspecified atom stereocenters. The van der Waals surface area contributed by atoms with Gasteiger partial charge >= 0.3 is 0 Å². The van der Waals surface area contributed by atoms with Crippen LogP contribution < -0.4 is 5.32 Å². The van der Waals surface area contributed by atoms with E-state index in [1.54, 1.807) is 0 Å². The van der Waals surface area contributed by atoms with E-state index < -0.39 is 0 Å². The summed E-state index contributed by atoms with van der Waals surface area (Å²) in [4.78, 5) is 9.40. The number of anilines is 1. The predicted octanol–water partition coefficient (Wildman–Crippen LogP) is 13.0. The molecule has 0 saturated carbocycles. The smallest absolute Gasteiger partial charge is 0.0942 e. The normalized spacial score (nSPS) is 12.3. The number of nitrogens with one attached hydrogen (secondary N) is 1. The maximum Gasteiger partial charge on any atom is 0.0942 e. The Labute approximate surface area is 301 Å². The molecule has 248 valence electrons. The second-order valence-corrected chi connectivity index (χ2v) is 12.3. The Balaban J connectivity index is 0.00000200. The van der Waals surface area contributed by atoms with Crippen LogP contribution in [0.25, 0.3) is 60.5 Å². The number of hydrogen-bond acceptors (Lipinski definition) is 3. The van der Waals surface area contributed by atoms with Crippen molar-refractivity contribution in [3.63, 3.8) is 0 Å². The van der Waals surface area contributed by atoms with Crippen LogP contribution in [0.2, 0.25) is 0 Å². The quantitative estimate of drug-likeness (QED) is 0.0984. The van der Waals surface area contributed by atoms with Crippen molar-refractivity contribution in [3.05, 3.63) is 175 Å². The summed E-state index contributed by atoms with van der Waals surface area (Å²) in [5.41, 5.74) is 12.5. The summed E-state index contributed by atoms with van der Waals surface area (Å²) in [6, 6.07) is 51.9. The van der Waals surface area contributed by atoms with Crippen LogP contribution in [0.1, 0.15) is 25.0 Å². The van der Waals surface area contributed by atoms with Crippen LogP contribution in [0.5, 0.6) is 0 Å². The van der Waals surface area contributed by atoms with Gasteiger partial charge in [-0.1, -0.05) is 148 Å². The lowest BCUT2D eigenvalue weighted by Gasteiger charge is -2.19. The fraction of sp³-hybridized carbons (Fsp3) is 0.0833. The molecule has 1 N–H and O–H groups in total. The molecule has 1 heterocycles. The fourth-order valence-corrected chi connectivity index (χ4v) is 6.74. The van der Waals surface area contributed by atoms with Gasteiger partial charge in [0.25, 0.3) is 0 Å². The first kappa shape index (κ1) is 33.2. The van der Waals surface area contributed by atoms with E-state index in [4.69, 9.17) is 4.99 Å². The molecular weight excluding hydrogens is 619 g/mol. The Hall–Kier alpha value is -6.32. The molecule has 7 aromatic carbocycles. The lowest BCUT2D eigenvalue weighted by molar-refractivity contribution is 1.08. The molecular formula is C48H41N3. The molecule has 0 saturated heterocycles. The summed E-state index contributed by atoms with van der Waals surface area (Å²) >= 11 is 0. The number of nitrogens with zero attached hydrogens (tertiary/aromatic N) is 2. The van der Waals surface area contributed by atoms with E-state index in [1.165, 1.54) is 54.9 Å². The average molecular weight is 660 g/mol. The summed E-state index contributed by atoms with van der Waals surface area (Å²) in [5.74, 6) is 0. The lowest BCUT2D eigenvalue weighted by Crippen LogP contribution is -2.07. The molecule has 0 spiro atoms. The van der Waals surface area contributed by atoms with Crippen molar-refractivity contribution in [2.24, 2.45) is 9.98 Å². The summed E-state index contributed by atoms with van der Waals surface area (Å²) < 4.78 is 0. The van der Waals surface area contributed by atoms with Crippen molar-refractivity contribution in [3.8, 4) is 33.4 Å². The zero-order valence-electron chi connectivity index (χ0n) is 29.2. The van der Waals surface area contributed by atoms with Gasteiger partial charge in [0, 0.05) is 23.2 Å². The van der Waals surface area contributed by atoms with Gasteiger partial charge in [0.2, 0.25) is 0 Å². The van der Waals surface area contributed by atoms with Crippen molar-refractivity contribution in [2.45, 2.75) is 20.4 Å². The molecule has 0 bridgehead atoms. The average Bonchev–Trinajstić information content (AvgIpc) is 3.22. The largest absolute Gasteiger partial charge is 0.378 e. The number of aliphatic imine (C=N–C) groups is 2. The highest BCUT2D eigenvalue weighted by Crippen LogP contribution is 2.44. The Kier molecular flexibility index (Phi) is 10.1. The van der Waals surface area contributed by atoms with Gasteiger partial charge in [0.05, 0.1) is 24.5 Å². The van der Waals surface area contributed by atoms with Crippen molar-refractivity contribution in [1.82, 2.24) is 0 Å². The monoisotopic (exact) mass is 659 g/mol. The van der Waals surface area contributed by atoms with E-state index in [1.807, 2.05) is 56.6 Å². The zero-order valence-corrected chi connectivity index (χ0v) is 29.2. The highest BCUT2D eigenvalue weighted by molar-refractivity contribution is 6.21. The van der Waals surface area contributed by atoms with Gasteiger partial charge in [-0.2, -0.15) is 0 Å². The lowest BCUT2D eigenvalue weighted by atomic mass is 9.92. The van der Waals surface area contributed by atoms with Crippen LogP contribution >= 0.6 is 0 Å². The third-order valence-corrected chi connectivity index (χ3v) is 9.21. The van der Waals surface area contributed by atoms with E-state index in [9.17, 15) is 0 Å². The molecule has 0 amide bonds. The third kappa shape index (κ3) is 7.06. The first-order valence-electron chi connectivity index (χ1n) is 17.7. The van der Waals surface area contributed by atoms with E-state index >= 15 is 0 Å². The minimum Gasteiger partial charge on any atom is -0.378 e. The molecule has 3 heteroatoms. The summed E-state index contributed by atoms with van der Waals surface area (Å²) in [7, 11) is 0. The van der Waals surface area contributed by atoms with Gasteiger partial charge in [0.1, 0.15) is 0 Å². The van der Waals surface area contributed by atoms with Crippen LogP contribution in [0.3, 0.4) is 0 Å². The number of allylic oxidation sites excluding steroid dienone is 3. The zero-order chi connectivity index (χ0) is 35.0. The number of rotatable bonds is 8. The van der Waals surface area contributed by atoms with E-state index in [0.29, 0.717) is 6.54 Å². The first-order chi connectivity index (χ1) is 25.2. The maximum atomic E-state index is 4.81. The minimum atomic E-state index is 0.655. The third-order valence-electron chi connectivity index (χ3n) is 9.21. The SMILES string of the molecule is C=C/C(=C\C=NCc1ccccc1)c1cccc(-c2cccc(-c3cccc(-c4ccc5c6c(c7ccccc7c5c4)NCC=N6)c3)c2)c1.CC.